The number of methoxy groups -OCH3 is 1. The standard InChI is InChI=1S/C11H17N3O2/c1-11(2,7-4-5-7)14-6-13-8(9(14)12)10(15)16-3/h6-7H,4-5,12H2,1-3H3. The maximum atomic E-state index is 11.4. The van der Waals surface area contributed by atoms with E-state index in [1.165, 1.54) is 20.0 Å². The minimum Gasteiger partial charge on any atom is -0.464 e. The number of nitrogen functional groups attached to an aromatic ring is 1. The molecule has 1 heterocycles. The van der Waals surface area contributed by atoms with Crippen molar-refractivity contribution in [2.24, 2.45) is 5.92 Å². The highest BCUT2D eigenvalue weighted by atomic mass is 16.5. The topological polar surface area (TPSA) is 70.1 Å². The molecule has 0 radical (unpaired) electrons. The van der Waals surface area contributed by atoms with Gasteiger partial charge in [-0.2, -0.15) is 0 Å². The Labute approximate surface area is 94.6 Å². The van der Waals surface area contributed by atoms with Crippen LogP contribution in [0.25, 0.3) is 0 Å². The predicted molar refractivity (Wildman–Crippen MR) is 60.0 cm³/mol. The second-order valence-corrected chi connectivity index (χ2v) is 4.77. The van der Waals surface area contributed by atoms with Crippen LogP contribution in [-0.2, 0) is 10.3 Å². The third-order valence-corrected chi connectivity index (χ3v) is 3.38. The van der Waals surface area contributed by atoms with E-state index in [9.17, 15) is 4.79 Å². The number of hydrogen-bond acceptors (Lipinski definition) is 4. The van der Waals surface area contributed by atoms with Crippen LogP contribution in [-0.4, -0.2) is 22.6 Å². The Kier molecular flexibility index (Phi) is 2.40. The maximum Gasteiger partial charge on any atom is 0.360 e. The molecule has 0 atom stereocenters. The summed E-state index contributed by atoms with van der Waals surface area (Å²) in [6.45, 7) is 4.23. The molecule has 0 amide bonds. The molecule has 5 nitrogen and oxygen atoms in total. The summed E-state index contributed by atoms with van der Waals surface area (Å²) in [4.78, 5) is 15.4. The molecule has 1 aromatic heterocycles. The van der Waals surface area contributed by atoms with Crippen LogP contribution in [0.4, 0.5) is 5.82 Å². The zero-order chi connectivity index (χ0) is 11.9. The van der Waals surface area contributed by atoms with Gasteiger partial charge in [0.15, 0.2) is 5.69 Å². The summed E-state index contributed by atoms with van der Waals surface area (Å²) in [7, 11) is 1.33. The van der Waals surface area contributed by atoms with Crippen molar-refractivity contribution in [3.63, 3.8) is 0 Å². The molecule has 88 valence electrons. The number of rotatable bonds is 3. The van der Waals surface area contributed by atoms with Gasteiger partial charge in [0.05, 0.1) is 13.4 Å². The molecule has 1 aliphatic rings. The Bertz CT molecular complexity index is 419. The van der Waals surface area contributed by atoms with E-state index in [0.29, 0.717) is 11.7 Å². The molecular formula is C11H17N3O2. The number of carbonyl (C=O) groups is 1. The molecule has 0 aromatic carbocycles. The Morgan fingerprint density at radius 2 is 2.25 bits per heavy atom. The van der Waals surface area contributed by atoms with Gasteiger partial charge in [0.25, 0.3) is 0 Å². The Morgan fingerprint density at radius 1 is 1.62 bits per heavy atom. The van der Waals surface area contributed by atoms with Crippen molar-refractivity contribution in [2.75, 3.05) is 12.8 Å². The van der Waals surface area contributed by atoms with Crippen LogP contribution in [0.15, 0.2) is 6.33 Å². The smallest absolute Gasteiger partial charge is 0.360 e. The molecule has 1 aliphatic carbocycles. The normalized spacial score (nSPS) is 16.2. The first-order chi connectivity index (χ1) is 7.48. The molecule has 2 rings (SSSR count). The molecule has 16 heavy (non-hydrogen) atoms. The fraction of sp³-hybridized carbons (Fsp3) is 0.636. The first kappa shape index (κ1) is 11.0. The molecule has 0 unspecified atom stereocenters. The molecular weight excluding hydrogens is 206 g/mol. The lowest BCUT2D eigenvalue weighted by atomic mass is 9.98. The number of nitrogens with two attached hydrogens (primary N) is 1. The van der Waals surface area contributed by atoms with Crippen LogP contribution in [0, 0.1) is 5.92 Å². The summed E-state index contributed by atoms with van der Waals surface area (Å²) >= 11 is 0. The van der Waals surface area contributed by atoms with E-state index < -0.39 is 5.97 Å². The van der Waals surface area contributed by atoms with Crippen molar-refractivity contribution in [2.45, 2.75) is 32.2 Å². The highest BCUT2D eigenvalue weighted by Crippen LogP contribution is 2.44. The van der Waals surface area contributed by atoms with Crippen LogP contribution in [0.3, 0.4) is 0 Å². The lowest BCUT2D eigenvalue weighted by Gasteiger charge is -2.27. The van der Waals surface area contributed by atoms with Crippen molar-refractivity contribution in [1.29, 1.82) is 0 Å². The molecule has 2 N–H and O–H groups in total. The van der Waals surface area contributed by atoms with Gasteiger partial charge >= 0.3 is 5.97 Å². The average Bonchev–Trinajstić information content (AvgIpc) is 3.02. The minimum absolute atomic E-state index is 0.0800. The van der Waals surface area contributed by atoms with E-state index in [1.54, 1.807) is 6.33 Å². The molecule has 1 saturated carbocycles. The zero-order valence-electron chi connectivity index (χ0n) is 9.86. The van der Waals surface area contributed by atoms with Crippen molar-refractivity contribution in [3.8, 4) is 0 Å². The predicted octanol–water partition coefficient (Wildman–Crippen LogP) is 1.40. The molecule has 0 aliphatic heterocycles. The van der Waals surface area contributed by atoms with Gasteiger partial charge in [-0.15, -0.1) is 0 Å². The number of esters is 1. The molecule has 5 heteroatoms. The Balaban J connectivity index is 2.36. The number of imidazole rings is 1. The van der Waals surface area contributed by atoms with Crippen molar-refractivity contribution >= 4 is 11.8 Å². The largest absolute Gasteiger partial charge is 0.464 e. The summed E-state index contributed by atoms with van der Waals surface area (Å²) in [5.41, 5.74) is 6.06. The number of ether oxygens (including phenoxy) is 1. The quantitative estimate of drug-likeness (QED) is 0.786. The van der Waals surface area contributed by atoms with Crippen LogP contribution < -0.4 is 5.73 Å². The first-order valence-corrected chi connectivity index (χ1v) is 5.40. The first-order valence-electron chi connectivity index (χ1n) is 5.40. The Morgan fingerprint density at radius 3 is 2.75 bits per heavy atom. The lowest BCUT2D eigenvalue weighted by molar-refractivity contribution is 0.0596. The number of nitrogens with zero attached hydrogens (tertiary/aromatic N) is 2. The number of aromatic nitrogens is 2. The second kappa shape index (κ2) is 3.50. The van der Waals surface area contributed by atoms with Gasteiger partial charge in [0.1, 0.15) is 5.82 Å². The van der Waals surface area contributed by atoms with Gasteiger partial charge in [0, 0.05) is 5.54 Å². The maximum absolute atomic E-state index is 11.4. The van der Waals surface area contributed by atoms with Gasteiger partial charge < -0.3 is 15.0 Å². The third kappa shape index (κ3) is 1.56. The van der Waals surface area contributed by atoms with Crippen molar-refractivity contribution in [1.82, 2.24) is 9.55 Å². The summed E-state index contributed by atoms with van der Waals surface area (Å²) in [6, 6.07) is 0. The van der Waals surface area contributed by atoms with Gasteiger partial charge in [-0.25, -0.2) is 9.78 Å². The molecule has 0 bridgehead atoms. The summed E-state index contributed by atoms with van der Waals surface area (Å²) in [6.07, 6.45) is 4.04. The van der Waals surface area contributed by atoms with E-state index in [2.05, 4.69) is 23.6 Å². The zero-order valence-corrected chi connectivity index (χ0v) is 9.86. The molecule has 1 fully saturated rings. The number of carbonyl (C=O) groups excluding carboxylic acids is 1. The number of hydrogen-bond donors (Lipinski definition) is 1. The fourth-order valence-electron chi connectivity index (χ4n) is 2.06. The van der Waals surface area contributed by atoms with Gasteiger partial charge in [-0.3, -0.25) is 0 Å². The van der Waals surface area contributed by atoms with E-state index in [0.717, 1.165) is 0 Å². The van der Waals surface area contributed by atoms with Crippen LogP contribution >= 0.6 is 0 Å². The summed E-state index contributed by atoms with van der Waals surface area (Å²) in [5, 5.41) is 0. The molecule has 1 aromatic rings. The lowest BCUT2D eigenvalue weighted by Crippen LogP contribution is -2.29. The Hall–Kier alpha value is -1.52. The highest BCUT2D eigenvalue weighted by molar-refractivity contribution is 5.92. The van der Waals surface area contributed by atoms with E-state index >= 15 is 0 Å². The summed E-state index contributed by atoms with van der Waals surface area (Å²) < 4.78 is 6.50. The van der Waals surface area contributed by atoms with Gasteiger partial charge in [-0.05, 0) is 32.6 Å². The van der Waals surface area contributed by atoms with Crippen molar-refractivity contribution < 1.29 is 9.53 Å². The summed E-state index contributed by atoms with van der Waals surface area (Å²) in [5.74, 6) is 0.529. The van der Waals surface area contributed by atoms with Crippen LogP contribution in [0.5, 0.6) is 0 Å². The van der Waals surface area contributed by atoms with Crippen LogP contribution in [0.2, 0.25) is 0 Å². The fourth-order valence-corrected chi connectivity index (χ4v) is 2.06. The van der Waals surface area contributed by atoms with Crippen molar-refractivity contribution in [3.05, 3.63) is 12.0 Å². The average molecular weight is 223 g/mol. The van der Waals surface area contributed by atoms with Gasteiger partial charge in [-0.1, -0.05) is 0 Å². The SMILES string of the molecule is COC(=O)c1ncn(C(C)(C)C2CC2)c1N. The second-order valence-electron chi connectivity index (χ2n) is 4.77. The third-order valence-electron chi connectivity index (χ3n) is 3.38. The van der Waals surface area contributed by atoms with E-state index in [-0.39, 0.29) is 11.2 Å². The molecule has 0 spiro atoms. The van der Waals surface area contributed by atoms with E-state index in [1.807, 2.05) is 4.57 Å². The molecule has 0 saturated heterocycles. The van der Waals surface area contributed by atoms with Gasteiger partial charge in [0.2, 0.25) is 0 Å². The highest BCUT2D eigenvalue weighted by Gasteiger charge is 2.40. The number of anilines is 1. The van der Waals surface area contributed by atoms with E-state index in [4.69, 9.17) is 5.73 Å². The minimum atomic E-state index is -0.483. The van der Waals surface area contributed by atoms with Crippen LogP contribution in [0.1, 0.15) is 37.2 Å². The monoisotopic (exact) mass is 223 g/mol.